The molecular weight excluding hydrogens is 390 g/mol. The number of anilines is 1. The summed E-state index contributed by atoms with van der Waals surface area (Å²) in [4.78, 5) is 16.6. The van der Waals surface area contributed by atoms with E-state index in [0.29, 0.717) is 18.0 Å². The Morgan fingerprint density at radius 1 is 1.13 bits per heavy atom. The number of aromatic nitrogens is 1. The molecule has 1 amide bonds. The number of aliphatic hydroxyl groups excluding tert-OH is 1. The van der Waals surface area contributed by atoms with Gasteiger partial charge in [0.2, 0.25) is 0 Å². The molecule has 1 atom stereocenters. The number of hydrogen-bond donors (Lipinski definition) is 1. The van der Waals surface area contributed by atoms with Crippen LogP contribution in [-0.4, -0.2) is 53.3 Å². The topological polar surface area (TPSA) is 57.9 Å². The van der Waals surface area contributed by atoms with E-state index >= 15 is 0 Å². The Labute approximate surface area is 183 Å². The predicted molar refractivity (Wildman–Crippen MR) is 122 cm³/mol. The van der Waals surface area contributed by atoms with E-state index in [1.807, 2.05) is 43.6 Å². The van der Waals surface area contributed by atoms with Gasteiger partial charge in [0.1, 0.15) is 24.2 Å². The number of hydrogen-bond acceptors (Lipinski definition) is 4. The highest BCUT2D eigenvalue weighted by Gasteiger charge is 2.19. The van der Waals surface area contributed by atoms with Crippen LogP contribution in [0.3, 0.4) is 0 Å². The van der Waals surface area contributed by atoms with Gasteiger partial charge in [-0.05, 0) is 41.8 Å². The smallest absolute Gasteiger partial charge is 0.274 e. The zero-order valence-corrected chi connectivity index (χ0v) is 18.1. The fourth-order valence-electron chi connectivity index (χ4n) is 4.01. The number of β-amino-alcohol motifs (C(OH)–C–C–N with tert-alkyl or cyclic N) is 1. The number of rotatable bonds is 7. The molecule has 2 aromatic carbocycles. The number of ether oxygens (including phenoxy) is 1. The molecular formula is C25H29N3O3. The molecule has 31 heavy (non-hydrogen) atoms. The number of aliphatic hydroxyl groups is 1. The van der Waals surface area contributed by atoms with Crippen molar-refractivity contribution in [2.24, 2.45) is 7.05 Å². The molecule has 1 unspecified atom stereocenters. The van der Waals surface area contributed by atoms with Crippen molar-refractivity contribution in [1.29, 1.82) is 0 Å². The second-order valence-corrected chi connectivity index (χ2v) is 8.08. The molecule has 0 radical (unpaired) electrons. The van der Waals surface area contributed by atoms with Crippen LogP contribution >= 0.6 is 0 Å². The minimum absolute atomic E-state index is 0.0879. The Hall–Kier alpha value is -3.09. The van der Waals surface area contributed by atoms with Crippen LogP contribution in [0.1, 0.15) is 21.6 Å². The summed E-state index contributed by atoms with van der Waals surface area (Å²) in [7, 11) is 3.60. The van der Waals surface area contributed by atoms with Gasteiger partial charge in [0.05, 0.1) is 0 Å². The largest absolute Gasteiger partial charge is 0.491 e. The van der Waals surface area contributed by atoms with Crippen LogP contribution < -0.4 is 9.64 Å². The molecule has 6 nitrogen and oxygen atoms in total. The number of benzene rings is 2. The zero-order chi connectivity index (χ0) is 21.8. The van der Waals surface area contributed by atoms with Crippen molar-refractivity contribution in [3.8, 4) is 5.75 Å². The Bertz CT molecular complexity index is 1050. The summed E-state index contributed by atoms with van der Waals surface area (Å²) in [5.74, 6) is 0.544. The van der Waals surface area contributed by atoms with Gasteiger partial charge in [-0.15, -0.1) is 0 Å². The maximum Gasteiger partial charge on any atom is 0.274 e. The highest BCUT2D eigenvalue weighted by Crippen LogP contribution is 2.23. The van der Waals surface area contributed by atoms with Crippen LogP contribution in [0, 0.1) is 0 Å². The van der Waals surface area contributed by atoms with Gasteiger partial charge in [-0.25, -0.2) is 0 Å². The Kier molecular flexibility index (Phi) is 6.39. The fraction of sp³-hybridized carbons (Fsp3) is 0.320. The van der Waals surface area contributed by atoms with Crippen molar-refractivity contribution < 1.29 is 14.6 Å². The second kappa shape index (κ2) is 9.37. The SMILES string of the molecule is CN(C(=O)c1cccn1C)c1cccc(OCC(O)CN2CCc3ccccc3C2)c1. The molecule has 2 heterocycles. The van der Waals surface area contributed by atoms with Crippen molar-refractivity contribution in [1.82, 2.24) is 9.47 Å². The van der Waals surface area contributed by atoms with Gasteiger partial charge in [0.25, 0.3) is 5.91 Å². The van der Waals surface area contributed by atoms with Crippen LogP contribution in [0.2, 0.25) is 0 Å². The van der Waals surface area contributed by atoms with E-state index in [1.165, 1.54) is 11.1 Å². The summed E-state index contributed by atoms with van der Waals surface area (Å²) in [6.07, 6.45) is 2.27. The molecule has 0 fully saturated rings. The Morgan fingerprint density at radius 3 is 2.71 bits per heavy atom. The monoisotopic (exact) mass is 419 g/mol. The third kappa shape index (κ3) is 4.98. The number of carbonyl (C=O) groups is 1. The number of carbonyl (C=O) groups excluding carboxylic acids is 1. The summed E-state index contributed by atoms with van der Waals surface area (Å²) in [6, 6.07) is 19.5. The first-order chi connectivity index (χ1) is 15.0. The quantitative estimate of drug-likeness (QED) is 0.639. The van der Waals surface area contributed by atoms with E-state index in [0.717, 1.165) is 25.2 Å². The van der Waals surface area contributed by atoms with Gasteiger partial charge >= 0.3 is 0 Å². The lowest BCUT2D eigenvalue weighted by Crippen LogP contribution is -2.38. The van der Waals surface area contributed by atoms with Crippen molar-refractivity contribution in [2.75, 3.05) is 31.6 Å². The molecule has 0 spiro atoms. The average Bonchev–Trinajstić information content (AvgIpc) is 3.22. The third-order valence-electron chi connectivity index (χ3n) is 5.79. The first-order valence-electron chi connectivity index (χ1n) is 10.6. The van der Waals surface area contributed by atoms with Gasteiger partial charge in [0.15, 0.2) is 0 Å². The highest BCUT2D eigenvalue weighted by atomic mass is 16.5. The number of aryl methyl sites for hydroxylation is 1. The summed E-state index contributed by atoms with van der Waals surface area (Å²) in [5, 5.41) is 10.5. The Morgan fingerprint density at radius 2 is 1.94 bits per heavy atom. The van der Waals surface area contributed by atoms with Gasteiger partial charge in [-0.2, -0.15) is 0 Å². The molecule has 0 saturated carbocycles. The number of amides is 1. The average molecular weight is 420 g/mol. The van der Waals surface area contributed by atoms with E-state index in [-0.39, 0.29) is 12.5 Å². The Balaban J connectivity index is 1.32. The molecule has 0 saturated heterocycles. The summed E-state index contributed by atoms with van der Waals surface area (Å²) in [5.41, 5.74) is 4.09. The van der Waals surface area contributed by atoms with E-state index in [9.17, 15) is 9.90 Å². The van der Waals surface area contributed by atoms with E-state index in [1.54, 1.807) is 22.6 Å². The normalized spacial score (nSPS) is 14.7. The van der Waals surface area contributed by atoms with Crippen LogP contribution in [0.4, 0.5) is 5.69 Å². The summed E-state index contributed by atoms with van der Waals surface area (Å²) >= 11 is 0. The van der Waals surface area contributed by atoms with Gasteiger partial charge in [-0.1, -0.05) is 30.3 Å². The molecule has 1 aliphatic rings. The summed E-state index contributed by atoms with van der Waals surface area (Å²) in [6.45, 7) is 2.57. The van der Waals surface area contributed by atoms with Crippen molar-refractivity contribution in [2.45, 2.75) is 19.1 Å². The zero-order valence-electron chi connectivity index (χ0n) is 18.1. The molecule has 1 aliphatic heterocycles. The standard InChI is InChI=1S/C25H29N3O3/c1-26-13-6-11-24(26)25(30)27(2)21-9-5-10-23(15-21)31-18-22(29)17-28-14-12-19-7-3-4-8-20(19)16-28/h3-11,13,15,22,29H,12,14,16-18H2,1-2H3. The maximum atomic E-state index is 12.7. The first kappa shape index (κ1) is 21.2. The molecule has 0 aliphatic carbocycles. The second-order valence-electron chi connectivity index (χ2n) is 8.08. The van der Waals surface area contributed by atoms with E-state index in [4.69, 9.17) is 4.74 Å². The van der Waals surface area contributed by atoms with Gasteiger partial charge in [0, 0.05) is 51.7 Å². The molecule has 1 aromatic heterocycles. The van der Waals surface area contributed by atoms with Crippen LogP contribution in [0.5, 0.6) is 5.75 Å². The molecule has 4 rings (SSSR count). The van der Waals surface area contributed by atoms with Crippen LogP contribution in [-0.2, 0) is 20.0 Å². The highest BCUT2D eigenvalue weighted by molar-refractivity contribution is 6.04. The molecule has 3 aromatic rings. The molecule has 162 valence electrons. The minimum atomic E-state index is -0.586. The fourth-order valence-corrected chi connectivity index (χ4v) is 4.01. The van der Waals surface area contributed by atoms with Crippen molar-refractivity contribution in [3.05, 3.63) is 83.7 Å². The lowest BCUT2D eigenvalue weighted by molar-refractivity contribution is 0.0638. The lowest BCUT2D eigenvalue weighted by Gasteiger charge is -2.30. The van der Waals surface area contributed by atoms with Gasteiger partial charge < -0.3 is 19.3 Å². The number of nitrogens with zero attached hydrogens (tertiary/aromatic N) is 3. The lowest BCUT2D eigenvalue weighted by atomic mass is 10.00. The minimum Gasteiger partial charge on any atom is -0.491 e. The molecule has 1 N–H and O–H groups in total. The summed E-state index contributed by atoms with van der Waals surface area (Å²) < 4.78 is 7.64. The first-order valence-corrected chi connectivity index (χ1v) is 10.6. The molecule has 0 bridgehead atoms. The van der Waals surface area contributed by atoms with Crippen LogP contribution in [0.15, 0.2) is 66.9 Å². The van der Waals surface area contributed by atoms with E-state index in [2.05, 4.69) is 29.2 Å². The molecule has 6 heteroatoms. The van der Waals surface area contributed by atoms with Crippen LogP contribution in [0.25, 0.3) is 0 Å². The maximum absolute atomic E-state index is 12.7. The van der Waals surface area contributed by atoms with E-state index < -0.39 is 6.10 Å². The van der Waals surface area contributed by atoms with Gasteiger partial charge in [-0.3, -0.25) is 9.69 Å². The third-order valence-corrected chi connectivity index (χ3v) is 5.79. The number of fused-ring (bicyclic) bond motifs is 1. The van der Waals surface area contributed by atoms with Crippen molar-refractivity contribution in [3.63, 3.8) is 0 Å². The predicted octanol–water partition coefficient (Wildman–Crippen LogP) is 3.10. The van der Waals surface area contributed by atoms with Crippen molar-refractivity contribution >= 4 is 11.6 Å².